The normalized spacial score (nSPS) is 17.0. The van der Waals surface area contributed by atoms with Crippen LogP contribution in [0.2, 0.25) is 0 Å². The molecule has 1 unspecified atom stereocenters. The number of piperidine rings is 1. The van der Waals surface area contributed by atoms with E-state index in [9.17, 15) is 9.59 Å². The molecule has 154 valence electrons. The zero-order chi connectivity index (χ0) is 20.4. The number of guanidine groups is 1. The summed E-state index contributed by atoms with van der Waals surface area (Å²) < 4.78 is 10.3. The zero-order valence-corrected chi connectivity index (χ0v) is 16.9. The minimum Gasteiger partial charge on any atom is -0.497 e. The number of aliphatic imine (C=N–C) groups is 1. The van der Waals surface area contributed by atoms with Crippen molar-refractivity contribution in [3.05, 3.63) is 29.8 Å². The summed E-state index contributed by atoms with van der Waals surface area (Å²) in [6.07, 6.45) is 1.70. The molecule has 1 aromatic carbocycles. The van der Waals surface area contributed by atoms with Gasteiger partial charge in [-0.3, -0.25) is 14.6 Å². The number of likely N-dealkylation sites (tertiary alicyclic amines) is 1. The number of ether oxygens (including phenoxy) is 2. The van der Waals surface area contributed by atoms with E-state index >= 15 is 0 Å². The lowest BCUT2D eigenvalue weighted by Gasteiger charge is -2.33. The third-order valence-electron chi connectivity index (χ3n) is 4.61. The summed E-state index contributed by atoms with van der Waals surface area (Å²) in [5.41, 5.74) is 0.992. The summed E-state index contributed by atoms with van der Waals surface area (Å²) in [4.78, 5) is 30.4. The monoisotopic (exact) mass is 390 g/mol. The van der Waals surface area contributed by atoms with Gasteiger partial charge in [0, 0.05) is 26.7 Å². The maximum absolute atomic E-state index is 12.2. The molecule has 0 aliphatic carbocycles. The van der Waals surface area contributed by atoms with Crippen molar-refractivity contribution >= 4 is 17.8 Å². The number of nitrogens with zero attached hydrogens (tertiary/aromatic N) is 2. The smallest absolute Gasteiger partial charge is 0.310 e. The molecule has 1 aliphatic rings. The van der Waals surface area contributed by atoms with E-state index < -0.39 is 0 Å². The second-order valence-electron chi connectivity index (χ2n) is 6.56. The fourth-order valence-corrected chi connectivity index (χ4v) is 3.12. The van der Waals surface area contributed by atoms with Crippen molar-refractivity contribution in [1.82, 2.24) is 15.5 Å². The van der Waals surface area contributed by atoms with Gasteiger partial charge in [0.25, 0.3) is 0 Å². The number of carbonyl (C=O) groups is 2. The van der Waals surface area contributed by atoms with Crippen LogP contribution < -0.4 is 15.4 Å². The van der Waals surface area contributed by atoms with Gasteiger partial charge in [-0.05, 0) is 37.5 Å². The van der Waals surface area contributed by atoms with Gasteiger partial charge < -0.3 is 25.0 Å². The van der Waals surface area contributed by atoms with Gasteiger partial charge in [-0.25, -0.2) is 0 Å². The highest BCUT2D eigenvalue weighted by Gasteiger charge is 2.28. The number of rotatable bonds is 7. The predicted octanol–water partition coefficient (Wildman–Crippen LogP) is 1.16. The molecule has 8 nitrogen and oxygen atoms in total. The first kappa shape index (κ1) is 21.5. The standard InChI is InChI=1S/C20H30N4O4/c1-4-28-19(26)16-6-5-11-24(14-16)20(21-2)23-13-18(25)22-12-15-7-9-17(27-3)10-8-15/h7-10,16H,4-6,11-14H2,1-3H3,(H,21,23)(H,22,25). The van der Waals surface area contributed by atoms with Crippen LogP contribution in [0, 0.1) is 5.92 Å². The highest BCUT2D eigenvalue weighted by molar-refractivity contribution is 5.87. The summed E-state index contributed by atoms with van der Waals surface area (Å²) in [5.74, 6) is 0.948. The van der Waals surface area contributed by atoms with Gasteiger partial charge in [-0.1, -0.05) is 12.1 Å². The Hall–Kier alpha value is -2.77. The van der Waals surface area contributed by atoms with E-state index in [0.29, 0.717) is 25.7 Å². The average molecular weight is 390 g/mol. The number of benzene rings is 1. The Bertz CT molecular complexity index is 675. The number of hydrogen-bond donors (Lipinski definition) is 2. The number of carbonyl (C=O) groups excluding carboxylic acids is 2. The van der Waals surface area contributed by atoms with Crippen LogP contribution in [0.25, 0.3) is 0 Å². The number of hydrogen-bond acceptors (Lipinski definition) is 5. The Morgan fingerprint density at radius 1 is 1.25 bits per heavy atom. The van der Waals surface area contributed by atoms with Crippen LogP contribution in [0.15, 0.2) is 29.3 Å². The molecule has 28 heavy (non-hydrogen) atoms. The van der Waals surface area contributed by atoms with Crippen LogP contribution >= 0.6 is 0 Å². The van der Waals surface area contributed by atoms with Crippen molar-refractivity contribution in [2.75, 3.05) is 40.4 Å². The lowest BCUT2D eigenvalue weighted by molar-refractivity contribution is -0.149. The van der Waals surface area contributed by atoms with E-state index in [2.05, 4.69) is 15.6 Å². The van der Waals surface area contributed by atoms with E-state index in [1.165, 1.54) is 0 Å². The number of amides is 1. The molecule has 1 aliphatic heterocycles. The minimum atomic E-state index is -0.167. The number of esters is 1. The predicted molar refractivity (Wildman–Crippen MR) is 107 cm³/mol. The van der Waals surface area contributed by atoms with Crippen LogP contribution in [0.4, 0.5) is 0 Å². The van der Waals surface area contributed by atoms with Gasteiger partial charge in [-0.2, -0.15) is 0 Å². The minimum absolute atomic E-state index is 0.114. The highest BCUT2D eigenvalue weighted by Crippen LogP contribution is 2.18. The van der Waals surface area contributed by atoms with Crippen molar-refractivity contribution < 1.29 is 19.1 Å². The molecule has 1 amide bonds. The van der Waals surface area contributed by atoms with E-state index in [1.54, 1.807) is 14.2 Å². The maximum Gasteiger partial charge on any atom is 0.310 e. The zero-order valence-electron chi connectivity index (χ0n) is 16.9. The molecule has 0 saturated carbocycles. The quantitative estimate of drug-likeness (QED) is 0.412. The Morgan fingerprint density at radius 3 is 2.64 bits per heavy atom. The third-order valence-corrected chi connectivity index (χ3v) is 4.61. The van der Waals surface area contributed by atoms with Gasteiger partial charge in [0.15, 0.2) is 5.96 Å². The van der Waals surface area contributed by atoms with Crippen molar-refractivity contribution in [2.24, 2.45) is 10.9 Å². The SMILES string of the molecule is CCOC(=O)C1CCCN(C(=NC)NCC(=O)NCc2ccc(OC)cc2)C1. The molecule has 1 heterocycles. The van der Waals surface area contributed by atoms with Crippen molar-refractivity contribution in [3.8, 4) is 5.75 Å². The van der Waals surface area contributed by atoms with Gasteiger partial charge >= 0.3 is 5.97 Å². The molecule has 1 aromatic rings. The first-order valence-electron chi connectivity index (χ1n) is 9.59. The molecule has 0 radical (unpaired) electrons. The second-order valence-corrected chi connectivity index (χ2v) is 6.56. The second kappa shape index (κ2) is 11.2. The molecule has 0 spiro atoms. The van der Waals surface area contributed by atoms with Crippen LogP contribution in [-0.4, -0.2) is 63.1 Å². The fourth-order valence-electron chi connectivity index (χ4n) is 3.12. The van der Waals surface area contributed by atoms with Gasteiger partial charge in [0.05, 0.1) is 26.2 Å². The Labute approximate surface area is 166 Å². The molecule has 2 N–H and O–H groups in total. The van der Waals surface area contributed by atoms with Crippen LogP contribution in [0.3, 0.4) is 0 Å². The lowest BCUT2D eigenvalue weighted by Crippen LogP contribution is -2.50. The van der Waals surface area contributed by atoms with Gasteiger partial charge in [0.1, 0.15) is 5.75 Å². The fraction of sp³-hybridized carbons (Fsp3) is 0.550. The van der Waals surface area contributed by atoms with E-state index in [-0.39, 0.29) is 24.3 Å². The third kappa shape index (κ3) is 6.44. The molecule has 2 rings (SSSR count). The summed E-state index contributed by atoms with van der Waals surface area (Å²) in [6.45, 7) is 4.09. The Morgan fingerprint density at radius 2 is 2.00 bits per heavy atom. The number of methoxy groups -OCH3 is 1. The summed E-state index contributed by atoms with van der Waals surface area (Å²) in [7, 11) is 3.29. The summed E-state index contributed by atoms with van der Waals surface area (Å²) >= 11 is 0. The molecule has 8 heteroatoms. The first-order valence-corrected chi connectivity index (χ1v) is 9.59. The molecule has 1 atom stereocenters. The molecular weight excluding hydrogens is 360 g/mol. The van der Waals surface area contributed by atoms with E-state index in [0.717, 1.165) is 30.7 Å². The lowest BCUT2D eigenvalue weighted by atomic mass is 9.98. The Kier molecular flexibility index (Phi) is 8.58. The molecule has 0 bridgehead atoms. The molecule has 0 aromatic heterocycles. The molecule has 1 saturated heterocycles. The highest BCUT2D eigenvalue weighted by atomic mass is 16.5. The summed E-state index contributed by atoms with van der Waals surface area (Å²) in [5, 5.41) is 5.95. The topological polar surface area (TPSA) is 92.3 Å². The van der Waals surface area contributed by atoms with Crippen LogP contribution in [0.1, 0.15) is 25.3 Å². The van der Waals surface area contributed by atoms with Gasteiger partial charge in [0.2, 0.25) is 5.91 Å². The van der Waals surface area contributed by atoms with E-state index in [1.807, 2.05) is 36.1 Å². The number of nitrogens with one attached hydrogen (secondary N) is 2. The van der Waals surface area contributed by atoms with Crippen molar-refractivity contribution in [2.45, 2.75) is 26.3 Å². The van der Waals surface area contributed by atoms with Crippen molar-refractivity contribution in [3.63, 3.8) is 0 Å². The maximum atomic E-state index is 12.2. The first-order chi connectivity index (χ1) is 13.6. The van der Waals surface area contributed by atoms with Crippen LogP contribution in [0.5, 0.6) is 5.75 Å². The van der Waals surface area contributed by atoms with Crippen molar-refractivity contribution in [1.29, 1.82) is 0 Å². The molecular formula is C20H30N4O4. The van der Waals surface area contributed by atoms with Gasteiger partial charge in [-0.15, -0.1) is 0 Å². The van der Waals surface area contributed by atoms with E-state index in [4.69, 9.17) is 9.47 Å². The summed E-state index contributed by atoms with van der Waals surface area (Å²) in [6, 6.07) is 7.54. The van der Waals surface area contributed by atoms with Crippen LogP contribution in [-0.2, 0) is 20.9 Å². The Balaban J connectivity index is 1.78. The largest absolute Gasteiger partial charge is 0.497 e. The molecule has 1 fully saturated rings. The average Bonchev–Trinajstić information content (AvgIpc) is 2.73.